The highest BCUT2D eigenvalue weighted by Gasteiger charge is 2.33. The third-order valence-electron chi connectivity index (χ3n) is 4.02. The fourth-order valence-electron chi connectivity index (χ4n) is 2.64. The lowest BCUT2D eigenvalue weighted by molar-refractivity contribution is -0.137. The van der Waals surface area contributed by atoms with Crippen LogP contribution in [0.5, 0.6) is 5.75 Å². The number of ether oxygens (including phenoxy) is 1. The van der Waals surface area contributed by atoms with Gasteiger partial charge in [0.25, 0.3) is 0 Å². The van der Waals surface area contributed by atoms with Gasteiger partial charge in [0, 0.05) is 5.56 Å². The lowest BCUT2D eigenvalue weighted by Gasteiger charge is -2.13. The normalized spacial score (nSPS) is 11.4. The number of rotatable bonds is 5. The summed E-state index contributed by atoms with van der Waals surface area (Å²) in [6, 6.07) is 13.0. The van der Waals surface area contributed by atoms with Gasteiger partial charge in [-0.05, 0) is 42.3 Å². The van der Waals surface area contributed by atoms with Gasteiger partial charge >= 0.3 is 12.1 Å². The number of carbonyl (C=O) groups is 1. The zero-order valence-corrected chi connectivity index (χ0v) is 14.2. The van der Waals surface area contributed by atoms with Crippen LogP contribution in [0.2, 0.25) is 0 Å². The van der Waals surface area contributed by atoms with E-state index < -0.39 is 17.7 Å². The monoisotopic (exact) mass is 376 g/mol. The maximum Gasteiger partial charge on any atom is 0.417 e. The molecule has 3 aromatic rings. The van der Waals surface area contributed by atoms with Crippen molar-refractivity contribution in [3.63, 3.8) is 0 Å². The molecular formula is C20H15F3O4. The van der Waals surface area contributed by atoms with E-state index in [0.29, 0.717) is 22.6 Å². The molecule has 0 amide bonds. The van der Waals surface area contributed by atoms with Gasteiger partial charge in [0.1, 0.15) is 18.1 Å². The molecule has 0 bridgehead atoms. The molecule has 140 valence electrons. The number of furan rings is 1. The van der Waals surface area contributed by atoms with E-state index in [-0.39, 0.29) is 17.9 Å². The highest BCUT2D eigenvalue weighted by Crippen LogP contribution is 2.37. The van der Waals surface area contributed by atoms with Crippen molar-refractivity contribution in [1.82, 2.24) is 0 Å². The Morgan fingerprint density at radius 3 is 2.37 bits per heavy atom. The number of hydrogen-bond donors (Lipinski definition) is 1. The second-order valence-electron chi connectivity index (χ2n) is 5.85. The molecule has 0 unspecified atom stereocenters. The molecule has 0 atom stereocenters. The van der Waals surface area contributed by atoms with E-state index >= 15 is 0 Å². The van der Waals surface area contributed by atoms with Gasteiger partial charge < -0.3 is 14.3 Å². The summed E-state index contributed by atoms with van der Waals surface area (Å²) in [4.78, 5) is 10.9. The fraction of sp³-hybridized carbons (Fsp3) is 0.150. The number of hydrogen-bond acceptors (Lipinski definition) is 3. The largest absolute Gasteiger partial charge is 0.489 e. The Balaban J connectivity index is 1.76. The molecule has 0 aliphatic rings. The lowest BCUT2D eigenvalue weighted by Crippen LogP contribution is -2.06. The van der Waals surface area contributed by atoms with E-state index in [1.54, 1.807) is 37.3 Å². The first kappa shape index (κ1) is 18.6. The molecule has 0 fully saturated rings. The number of carboxylic acids is 1. The van der Waals surface area contributed by atoms with Crippen LogP contribution >= 0.6 is 0 Å². The summed E-state index contributed by atoms with van der Waals surface area (Å²) in [7, 11) is 0. The summed E-state index contributed by atoms with van der Waals surface area (Å²) in [5, 5.41) is 8.91. The van der Waals surface area contributed by atoms with Crippen molar-refractivity contribution in [2.75, 3.05) is 0 Å². The number of aryl methyl sites for hydroxylation is 1. The van der Waals surface area contributed by atoms with Crippen molar-refractivity contribution >= 4 is 5.97 Å². The Morgan fingerprint density at radius 1 is 1.11 bits per heavy atom. The minimum absolute atomic E-state index is 0.0844. The third-order valence-corrected chi connectivity index (χ3v) is 4.02. The van der Waals surface area contributed by atoms with Gasteiger partial charge in [-0.25, -0.2) is 4.79 Å². The third kappa shape index (κ3) is 4.13. The minimum Gasteiger partial charge on any atom is -0.489 e. The summed E-state index contributed by atoms with van der Waals surface area (Å²) in [5.41, 5.74) is 0.393. The molecule has 4 nitrogen and oxygen atoms in total. The van der Waals surface area contributed by atoms with Gasteiger partial charge in [-0.2, -0.15) is 13.2 Å². The first-order valence-electron chi connectivity index (χ1n) is 7.98. The molecule has 0 aliphatic carbocycles. The molecule has 27 heavy (non-hydrogen) atoms. The van der Waals surface area contributed by atoms with E-state index in [9.17, 15) is 18.0 Å². The zero-order chi connectivity index (χ0) is 19.6. The fourth-order valence-corrected chi connectivity index (χ4v) is 2.64. The van der Waals surface area contributed by atoms with Crippen molar-refractivity contribution in [1.29, 1.82) is 0 Å². The predicted molar refractivity (Wildman–Crippen MR) is 91.6 cm³/mol. The van der Waals surface area contributed by atoms with Crippen molar-refractivity contribution < 1.29 is 32.2 Å². The van der Waals surface area contributed by atoms with Crippen LogP contribution in [0.1, 0.15) is 27.4 Å². The molecule has 0 aliphatic heterocycles. The van der Waals surface area contributed by atoms with Crippen molar-refractivity contribution in [2.45, 2.75) is 19.7 Å². The van der Waals surface area contributed by atoms with Gasteiger partial charge in [-0.3, -0.25) is 0 Å². The Morgan fingerprint density at radius 2 is 1.78 bits per heavy atom. The van der Waals surface area contributed by atoms with E-state index in [0.717, 1.165) is 6.07 Å². The van der Waals surface area contributed by atoms with Crippen LogP contribution < -0.4 is 4.74 Å². The second-order valence-corrected chi connectivity index (χ2v) is 5.85. The number of benzene rings is 2. The van der Waals surface area contributed by atoms with Crippen molar-refractivity contribution in [3.8, 4) is 16.9 Å². The lowest BCUT2D eigenvalue weighted by atomic mass is 9.99. The second kappa shape index (κ2) is 7.19. The number of halogens is 3. The van der Waals surface area contributed by atoms with Gasteiger partial charge in [-0.1, -0.05) is 30.3 Å². The standard InChI is InChI=1S/C20H15F3O4/c1-12-14(10-18(27-12)19(24)25)11-26-15-8-6-13(7-9-15)16-4-2-3-5-17(16)20(21,22)23/h2-10H,11H2,1H3,(H,24,25). The minimum atomic E-state index is -4.44. The van der Waals surface area contributed by atoms with Crippen LogP contribution in [0.3, 0.4) is 0 Å². The van der Waals surface area contributed by atoms with E-state index in [2.05, 4.69) is 0 Å². The molecule has 0 radical (unpaired) electrons. The number of alkyl halides is 3. The molecule has 1 heterocycles. The molecule has 2 aromatic carbocycles. The highest BCUT2D eigenvalue weighted by molar-refractivity contribution is 5.84. The average Bonchev–Trinajstić information content (AvgIpc) is 3.01. The molecule has 0 spiro atoms. The Labute approximate surface area is 152 Å². The van der Waals surface area contributed by atoms with Crippen molar-refractivity contribution in [3.05, 3.63) is 77.2 Å². The molecule has 3 rings (SSSR count). The Hall–Kier alpha value is -3.22. The highest BCUT2D eigenvalue weighted by atomic mass is 19.4. The van der Waals surface area contributed by atoms with Crippen LogP contribution in [-0.2, 0) is 12.8 Å². The summed E-state index contributed by atoms with van der Waals surface area (Å²) in [6.45, 7) is 1.71. The number of aromatic carboxylic acids is 1. The van der Waals surface area contributed by atoms with E-state index in [1.165, 1.54) is 18.2 Å². The molecule has 0 saturated carbocycles. The first-order valence-corrected chi connectivity index (χ1v) is 7.98. The van der Waals surface area contributed by atoms with Crippen molar-refractivity contribution in [2.24, 2.45) is 0 Å². The molecular weight excluding hydrogens is 361 g/mol. The zero-order valence-electron chi connectivity index (χ0n) is 14.2. The molecule has 1 N–H and O–H groups in total. The molecule has 7 heteroatoms. The molecule has 0 saturated heterocycles. The average molecular weight is 376 g/mol. The van der Waals surface area contributed by atoms with Crippen LogP contribution in [0, 0.1) is 6.92 Å². The Kier molecular flexibility index (Phi) is 4.94. The number of carboxylic acid groups (broad SMARTS) is 1. The van der Waals surface area contributed by atoms with Crippen LogP contribution in [-0.4, -0.2) is 11.1 Å². The summed E-state index contributed by atoms with van der Waals surface area (Å²) < 4.78 is 50.1. The van der Waals surface area contributed by atoms with E-state index in [1.807, 2.05) is 0 Å². The van der Waals surface area contributed by atoms with E-state index in [4.69, 9.17) is 14.3 Å². The maximum atomic E-state index is 13.1. The topological polar surface area (TPSA) is 59.7 Å². The summed E-state index contributed by atoms with van der Waals surface area (Å²) in [5.74, 6) is -0.467. The van der Waals surface area contributed by atoms with Gasteiger partial charge in [0.05, 0.1) is 5.56 Å². The smallest absolute Gasteiger partial charge is 0.417 e. The maximum absolute atomic E-state index is 13.1. The van der Waals surface area contributed by atoms with Gasteiger partial charge in [-0.15, -0.1) is 0 Å². The Bertz CT molecular complexity index is 956. The van der Waals surface area contributed by atoms with Gasteiger partial charge in [0.15, 0.2) is 0 Å². The quantitative estimate of drug-likeness (QED) is 0.634. The SMILES string of the molecule is Cc1oc(C(=O)O)cc1COc1ccc(-c2ccccc2C(F)(F)F)cc1. The summed E-state index contributed by atoms with van der Waals surface area (Å²) in [6.07, 6.45) is -4.44. The van der Waals surface area contributed by atoms with Crippen LogP contribution in [0.25, 0.3) is 11.1 Å². The van der Waals surface area contributed by atoms with Gasteiger partial charge in [0.2, 0.25) is 5.76 Å². The first-order chi connectivity index (χ1) is 12.8. The van der Waals surface area contributed by atoms with Crippen LogP contribution in [0.15, 0.2) is 59.0 Å². The molecule has 1 aromatic heterocycles. The van der Waals surface area contributed by atoms with Crippen LogP contribution in [0.4, 0.5) is 13.2 Å². The predicted octanol–water partition coefficient (Wildman–Crippen LogP) is 5.55. The summed E-state index contributed by atoms with van der Waals surface area (Å²) >= 11 is 0.